The third-order valence-corrected chi connectivity index (χ3v) is 8.40. The topological polar surface area (TPSA) is 82.0 Å². The number of aryl methyl sites for hydroxylation is 2. The SMILES string of the molecule is Cc1cc(C(=O)N2CC3CCC2C3N)cc2nc(-c3cc4ccc(F)nc4n3CC3CC3)n(C)c12. The van der Waals surface area contributed by atoms with E-state index < -0.39 is 5.95 Å². The lowest BCUT2D eigenvalue weighted by atomic mass is 10.1. The zero-order chi connectivity index (χ0) is 24.0. The molecule has 0 radical (unpaired) electrons. The summed E-state index contributed by atoms with van der Waals surface area (Å²) < 4.78 is 18.2. The highest BCUT2D eigenvalue weighted by atomic mass is 19.1. The number of rotatable bonds is 4. The van der Waals surface area contributed by atoms with Crippen LogP contribution in [-0.4, -0.2) is 48.5 Å². The molecule has 180 valence electrons. The molecule has 3 unspecified atom stereocenters. The summed E-state index contributed by atoms with van der Waals surface area (Å²) in [6.45, 7) is 3.59. The van der Waals surface area contributed by atoms with Crippen molar-refractivity contribution in [3.8, 4) is 11.5 Å². The van der Waals surface area contributed by atoms with Crippen molar-refractivity contribution in [2.45, 2.75) is 51.2 Å². The van der Waals surface area contributed by atoms with Crippen molar-refractivity contribution in [2.75, 3.05) is 6.54 Å². The highest BCUT2D eigenvalue weighted by molar-refractivity contribution is 5.99. The van der Waals surface area contributed by atoms with Gasteiger partial charge in [0.25, 0.3) is 5.91 Å². The number of hydrogen-bond donors (Lipinski definition) is 1. The van der Waals surface area contributed by atoms with Gasteiger partial charge in [0.15, 0.2) is 5.82 Å². The summed E-state index contributed by atoms with van der Waals surface area (Å²) in [4.78, 5) is 24.6. The molecular formula is C27H29FN6O. The van der Waals surface area contributed by atoms with Gasteiger partial charge in [0.05, 0.1) is 16.7 Å². The summed E-state index contributed by atoms with van der Waals surface area (Å²) in [5.41, 5.74) is 11.4. The summed E-state index contributed by atoms with van der Waals surface area (Å²) in [5.74, 6) is 1.39. The lowest BCUT2D eigenvalue weighted by Crippen LogP contribution is -2.41. The fourth-order valence-electron chi connectivity index (χ4n) is 6.41. The van der Waals surface area contributed by atoms with E-state index >= 15 is 0 Å². The number of carbonyl (C=O) groups excluding carboxylic acids is 1. The largest absolute Gasteiger partial charge is 0.334 e. The van der Waals surface area contributed by atoms with Crippen LogP contribution in [0.3, 0.4) is 0 Å². The summed E-state index contributed by atoms with van der Waals surface area (Å²) in [6, 6.07) is 9.37. The molecule has 4 heterocycles. The minimum atomic E-state index is -0.474. The first-order valence-electron chi connectivity index (χ1n) is 12.6. The van der Waals surface area contributed by atoms with Gasteiger partial charge in [-0.1, -0.05) is 0 Å². The van der Waals surface area contributed by atoms with Gasteiger partial charge in [-0.05, 0) is 80.3 Å². The van der Waals surface area contributed by atoms with Crippen molar-refractivity contribution in [1.29, 1.82) is 0 Å². The number of fused-ring (bicyclic) bond motifs is 4. The van der Waals surface area contributed by atoms with Crippen LogP contribution >= 0.6 is 0 Å². The monoisotopic (exact) mass is 472 g/mol. The van der Waals surface area contributed by atoms with E-state index in [0.29, 0.717) is 23.0 Å². The van der Waals surface area contributed by atoms with Crippen molar-refractivity contribution in [3.05, 3.63) is 47.4 Å². The number of aromatic nitrogens is 4. The highest BCUT2D eigenvalue weighted by Gasteiger charge is 2.46. The van der Waals surface area contributed by atoms with Gasteiger partial charge in [0.2, 0.25) is 5.95 Å². The Morgan fingerprint density at radius 1 is 1.14 bits per heavy atom. The van der Waals surface area contributed by atoms with E-state index in [2.05, 4.69) is 20.2 Å². The summed E-state index contributed by atoms with van der Waals surface area (Å²) in [7, 11) is 2.00. The van der Waals surface area contributed by atoms with Crippen molar-refractivity contribution in [2.24, 2.45) is 24.6 Å². The van der Waals surface area contributed by atoms with Gasteiger partial charge >= 0.3 is 0 Å². The molecule has 7 rings (SSSR count). The smallest absolute Gasteiger partial charge is 0.254 e. The van der Waals surface area contributed by atoms with E-state index in [1.807, 2.05) is 31.0 Å². The third-order valence-electron chi connectivity index (χ3n) is 8.40. The summed E-state index contributed by atoms with van der Waals surface area (Å²) in [6.07, 6.45) is 4.48. The molecule has 0 spiro atoms. The van der Waals surface area contributed by atoms with Crippen LogP contribution in [0, 0.1) is 24.7 Å². The number of hydrogen-bond acceptors (Lipinski definition) is 4. The first kappa shape index (κ1) is 21.1. The third kappa shape index (κ3) is 3.15. The Labute approximate surface area is 202 Å². The van der Waals surface area contributed by atoms with Crippen molar-refractivity contribution < 1.29 is 9.18 Å². The highest BCUT2D eigenvalue weighted by Crippen LogP contribution is 2.39. The second kappa shape index (κ2) is 7.37. The Bertz CT molecular complexity index is 1520. The molecule has 2 saturated carbocycles. The van der Waals surface area contributed by atoms with Crippen LogP contribution in [0.4, 0.5) is 4.39 Å². The second-order valence-electron chi connectivity index (χ2n) is 10.7. The maximum absolute atomic E-state index is 14.0. The number of imidazole rings is 1. The number of carbonyl (C=O) groups is 1. The van der Waals surface area contributed by atoms with Crippen molar-refractivity contribution in [1.82, 2.24) is 24.0 Å². The average molecular weight is 473 g/mol. The Morgan fingerprint density at radius 2 is 1.97 bits per heavy atom. The van der Waals surface area contributed by atoms with Gasteiger partial charge < -0.3 is 19.8 Å². The number of likely N-dealkylation sites (tertiary alicyclic amines) is 1. The molecule has 2 bridgehead atoms. The van der Waals surface area contributed by atoms with E-state index in [0.717, 1.165) is 59.4 Å². The molecule has 8 heteroatoms. The maximum Gasteiger partial charge on any atom is 0.254 e. The van der Waals surface area contributed by atoms with E-state index in [1.54, 1.807) is 6.07 Å². The van der Waals surface area contributed by atoms with Gasteiger partial charge in [0.1, 0.15) is 5.65 Å². The molecule has 4 aromatic rings. The zero-order valence-electron chi connectivity index (χ0n) is 20.0. The molecule has 1 amide bonds. The van der Waals surface area contributed by atoms with Crippen molar-refractivity contribution in [3.63, 3.8) is 0 Å². The molecule has 1 aliphatic heterocycles. The minimum absolute atomic E-state index is 0.0485. The minimum Gasteiger partial charge on any atom is -0.334 e. The number of halogens is 1. The number of amides is 1. The lowest BCUT2D eigenvalue weighted by Gasteiger charge is -2.27. The van der Waals surface area contributed by atoms with Gasteiger partial charge in [0, 0.05) is 43.2 Å². The Kier molecular flexibility index (Phi) is 4.43. The normalized spacial score (nSPS) is 23.8. The lowest BCUT2D eigenvalue weighted by molar-refractivity contribution is 0.0700. The first-order chi connectivity index (χ1) is 16.9. The van der Waals surface area contributed by atoms with Gasteiger partial charge in [-0.3, -0.25) is 4.79 Å². The fraction of sp³-hybridized carbons (Fsp3) is 0.444. The van der Waals surface area contributed by atoms with Crippen LogP contribution < -0.4 is 5.73 Å². The Hall–Kier alpha value is -3.26. The van der Waals surface area contributed by atoms with Crippen molar-refractivity contribution >= 4 is 28.0 Å². The Balaban J connectivity index is 1.34. The van der Waals surface area contributed by atoms with Gasteiger partial charge in [-0.15, -0.1) is 0 Å². The molecule has 2 aliphatic carbocycles. The van der Waals surface area contributed by atoms with Crippen LogP contribution in [-0.2, 0) is 13.6 Å². The Morgan fingerprint density at radius 3 is 2.69 bits per heavy atom. The number of pyridine rings is 1. The quantitative estimate of drug-likeness (QED) is 0.455. The van der Waals surface area contributed by atoms with Crippen LogP contribution in [0.15, 0.2) is 30.3 Å². The predicted octanol–water partition coefficient (Wildman–Crippen LogP) is 4.01. The van der Waals surface area contributed by atoms with Crippen LogP contribution in [0.25, 0.3) is 33.6 Å². The zero-order valence-corrected chi connectivity index (χ0v) is 20.0. The van der Waals surface area contributed by atoms with E-state index in [9.17, 15) is 9.18 Å². The predicted molar refractivity (Wildman–Crippen MR) is 132 cm³/mol. The molecule has 7 nitrogen and oxygen atoms in total. The maximum atomic E-state index is 14.0. The summed E-state index contributed by atoms with van der Waals surface area (Å²) >= 11 is 0. The number of benzene rings is 1. The molecule has 3 fully saturated rings. The molecule has 3 atom stereocenters. The van der Waals surface area contributed by atoms with E-state index in [-0.39, 0.29) is 18.0 Å². The van der Waals surface area contributed by atoms with Crippen LogP contribution in [0.1, 0.15) is 41.6 Å². The van der Waals surface area contributed by atoms with Gasteiger partial charge in [-0.25, -0.2) is 9.97 Å². The second-order valence-corrected chi connectivity index (χ2v) is 10.7. The average Bonchev–Trinajstić information content (AvgIpc) is 3.25. The molecule has 3 aliphatic rings. The molecule has 35 heavy (non-hydrogen) atoms. The standard InChI is InChI=1S/C27H29FN6O/c1-14-9-18(27(35)34-13-17-5-7-20(34)23(17)29)10-19-24(14)32(2)26(30-19)21-11-16-6-8-22(28)31-25(16)33(21)12-15-3-4-15/h6,8-11,15,17,20,23H,3-5,7,12-13,29H2,1-2H3. The number of piperidine rings is 1. The molecule has 1 aromatic carbocycles. The fourth-order valence-corrected chi connectivity index (χ4v) is 6.41. The number of nitrogens with two attached hydrogens (primary N) is 1. The van der Waals surface area contributed by atoms with E-state index in [4.69, 9.17) is 10.7 Å². The summed E-state index contributed by atoms with van der Waals surface area (Å²) in [5, 5.41) is 0.905. The molecule has 2 N–H and O–H groups in total. The molecule has 1 saturated heterocycles. The van der Waals surface area contributed by atoms with Crippen LogP contribution in [0.5, 0.6) is 0 Å². The number of nitrogens with zero attached hydrogens (tertiary/aromatic N) is 5. The van der Waals surface area contributed by atoms with Gasteiger partial charge in [-0.2, -0.15) is 4.39 Å². The molecular weight excluding hydrogens is 443 g/mol. The van der Waals surface area contributed by atoms with Crippen LogP contribution in [0.2, 0.25) is 0 Å². The molecule has 3 aromatic heterocycles. The first-order valence-corrected chi connectivity index (χ1v) is 12.6. The van der Waals surface area contributed by atoms with E-state index in [1.165, 1.54) is 18.9 Å².